The van der Waals surface area contributed by atoms with Crippen molar-refractivity contribution < 1.29 is 14.3 Å². The number of esters is 1. The van der Waals surface area contributed by atoms with Gasteiger partial charge >= 0.3 is 5.97 Å². The Bertz CT molecular complexity index is 1080. The molecule has 5 heteroatoms. The summed E-state index contributed by atoms with van der Waals surface area (Å²) in [5.74, 6) is -0.0532. The minimum Gasteiger partial charge on any atom is -0.460 e. The molecule has 0 radical (unpaired) electrons. The molecule has 1 saturated heterocycles. The Morgan fingerprint density at radius 3 is 2.31 bits per heavy atom. The summed E-state index contributed by atoms with van der Waals surface area (Å²) in [6, 6.07) is 16.2. The lowest BCUT2D eigenvalue weighted by Crippen LogP contribution is -2.49. The number of carbonyl (C=O) groups excluding carboxylic acids is 2. The number of hydrogen-bond acceptors (Lipinski definition) is 4. The third-order valence-electron chi connectivity index (χ3n) is 8.29. The van der Waals surface area contributed by atoms with Crippen molar-refractivity contribution in [3.63, 3.8) is 0 Å². The number of carbonyl (C=O) groups is 2. The molecular formula is C30H40N2O3. The van der Waals surface area contributed by atoms with Crippen molar-refractivity contribution in [3.8, 4) is 0 Å². The van der Waals surface area contributed by atoms with Crippen LogP contribution in [0.1, 0.15) is 74.5 Å². The lowest BCUT2D eigenvalue weighted by Gasteiger charge is -2.46. The molecule has 2 unspecified atom stereocenters. The van der Waals surface area contributed by atoms with E-state index in [-0.39, 0.29) is 17.3 Å². The van der Waals surface area contributed by atoms with Crippen LogP contribution in [-0.2, 0) is 27.8 Å². The molecule has 4 rings (SSSR count). The van der Waals surface area contributed by atoms with Crippen LogP contribution < -0.4 is 5.73 Å². The molecule has 2 N–H and O–H groups in total. The number of hydrogen-bond donors (Lipinski definition) is 1. The highest BCUT2D eigenvalue weighted by molar-refractivity contribution is 5.93. The summed E-state index contributed by atoms with van der Waals surface area (Å²) in [4.78, 5) is 27.7. The molecule has 0 spiro atoms. The van der Waals surface area contributed by atoms with Gasteiger partial charge in [-0.05, 0) is 99.7 Å². The molecule has 1 fully saturated rings. The van der Waals surface area contributed by atoms with Crippen molar-refractivity contribution in [2.45, 2.75) is 71.3 Å². The standard InChI is InChI=1S/C30H40N2O3/c1-21-20-32(15-13-29(21,5)25-12-8-11-22(17-25)26(31)33)16-14-30(27(34)35-28(2,3)4)18-23-9-6-7-10-24(23)19-30/h6-12,17,21H,13-16,18-20H2,1-5H3,(H2,31,33). The number of benzene rings is 2. The second-order valence-electron chi connectivity index (χ2n) is 12.0. The summed E-state index contributed by atoms with van der Waals surface area (Å²) in [5, 5.41) is 0. The van der Waals surface area contributed by atoms with Crippen LogP contribution in [-0.4, -0.2) is 42.0 Å². The summed E-state index contributed by atoms with van der Waals surface area (Å²) in [5.41, 5.74) is 8.80. The Hall–Kier alpha value is -2.66. The van der Waals surface area contributed by atoms with E-state index in [9.17, 15) is 9.59 Å². The van der Waals surface area contributed by atoms with Gasteiger partial charge in [-0.3, -0.25) is 9.59 Å². The molecule has 2 atom stereocenters. The fourth-order valence-electron chi connectivity index (χ4n) is 5.85. The van der Waals surface area contributed by atoms with Crippen LogP contribution in [0.2, 0.25) is 0 Å². The Labute approximate surface area is 210 Å². The van der Waals surface area contributed by atoms with Crippen molar-refractivity contribution in [3.05, 3.63) is 70.8 Å². The fraction of sp³-hybridized carbons (Fsp3) is 0.533. The van der Waals surface area contributed by atoms with Crippen LogP contribution in [0.25, 0.3) is 0 Å². The van der Waals surface area contributed by atoms with Crippen LogP contribution >= 0.6 is 0 Å². The van der Waals surface area contributed by atoms with Crippen molar-refractivity contribution >= 4 is 11.9 Å². The lowest BCUT2D eigenvalue weighted by atomic mass is 9.67. The van der Waals surface area contributed by atoms with Gasteiger partial charge in [-0.2, -0.15) is 0 Å². The van der Waals surface area contributed by atoms with E-state index < -0.39 is 11.0 Å². The number of likely N-dealkylation sites (tertiary alicyclic amines) is 1. The van der Waals surface area contributed by atoms with Gasteiger partial charge in [0.2, 0.25) is 5.91 Å². The average Bonchev–Trinajstić information content (AvgIpc) is 3.19. The first-order valence-electron chi connectivity index (χ1n) is 12.8. The van der Waals surface area contributed by atoms with Crippen LogP contribution in [0.3, 0.4) is 0 Å². The summed E-state index contributed by atoms with van der Waals surface area (Å²) >= 11 is 0. The molecule has 188 valence electrons. The average molecular weight is 477 g/mol. The predicted octanol–water partition coefficient (Wildman–Crippen LogP) is 4.90. The topological polar surface area (TPSA) is 72.6 Å². The van der Waals surface area contributed by atoms with E-state index in [2.05, 4.69) is 49.1 Å². The number of rotatable bonds is 6. The Balaban J connectivity index is 1.47. The second kappa shape index (κ2) is 9.42. The van der Waals surface area contributed by atoms with Gasteiger partial charge in [0, 0.05) is 12.1 Å². The normalized spacial score (nSPS) is 24.1. The Kier molecular flexibility index (Phi) is 6.85. The number of nitrogens with zero attached hydrogens (tertiary/aromatic N) is 1. The zero-order chi connectivity index (χ0) is 25.4. The molecular weight excluding hydrogens is 436 g/mol. The second-order valence-corrected chi connectivity index (χ2v) is 12.0. The first-order chi connectivity index (χ1) is 16.4. The van der Waals surface area contributed by atoms with Crippen LogP contribution in [0, 0.1) is 11.3 Å². The maximum Gasteiger partial charge on any atom is 0.313 e. The van der Waals surface area contributed by atoms with Crippen LogP contribution in [0.5, 0.6) is 0 Å². The minimum absolute atomic E-state index is 0.0194. The summed E-state index contributed by atoms with van der Waals surface area (Å²) < 4.78 is 5.94. The monoisotopic (exact) mass is 476 g/mol. The van der Waals surface area contributed by atoms with Gasteiger partial charge in [0.1, 0.15) is 5.60 Å². The molecule has 2 aromatic carbocycles. The van der Waals surface area contributed by atoms with E-state index in [0.717, 1.165) is 45.3 Å². The maximum atomic E-state index is 13.5. The largest absolute Gasteiger partial charge is 0.460 e. The molecule has 1 heterocycles. The van der Waals surface area contributed by atoms with E-state index >= 15 is 0 Å². The van der Waals surface area contributed by atoms with Gasteiger partial charge in [-0.25, -0.2) is 0 Å². The third kappa shape index (κ3) is 5.30. The van der Waals surface area contributed by atoms with E-state index in [1.165, 1.54) is 16.7 Å². The lowest BCUT2D eigenvalue weighted by molar-refractivity contribution is -0.168. The zero-order valence-corrected chi connectivity index (χ0v) is 21.9. The smallest absolute Gasteiger partial charge is 0.313 e. The van der Waals surface area contributed by atoms with Gasteiger partial charge in [-0.1, -0.05) is 50.2 Å². The molecule has 1 amide bonds. The number of amides is 1. The highest BCUT2D eigenvalue weighted by atomic mass is 16.6. The molecule has 1 aliphatic carbocycles. The quantitative estimate of drug-likeness (QED) is 0.602. The van der Waals surface area contributed by atoms with Gasteiger partial charge in [0.15, 0.2) is 0 Å². The SMILES string of the molecule is CC1CN(CCC2(C(=O)OC(C)(C)C)Cc3ccccc3C2)CCC1(C)c1cccc(C(N)=O)c1. The van der Waals surface area contributed by atoms with E-state index in [4.69, 9.17) is 10.5 Å². The third-order valence-corrected chi connectivity index (χ3v) is 8.29. The first kappa shape index (κ1) is 25.4. The van der Waals surface area contributed by atoms with Gasteiger partial charge in [-0.15, -0.1) is 0 Å². The molecule has 0 saturated carbocycles. The number of piperidine rings is 1. The van der Waals surface area contributed by atoms with Crippen LogP contribution in [0.15, 0.2) is 48.5 Å². The first-order valence-corrected chi connectivity index (χ1v) is 12.8. The molecule has 0 aromatic heterocycles. The molecule has 2 aliphatic rings. The Morgan fingerprint density at radius 1 is 1.09 bits per heavy atom. The van der Waals surface area contributed by atoms with E-state index in [1.54, 1.807) is 6.07 Å². The van der Waals surface area contributed by atoms with Gasteiger partial charge in [0.25, 0.3) is 0 Å². The molecule has 2 aromatic rings. The van der Waals surface area contributed by atoms with Gasteiger partial charge < -0.3 is 15.4 Å². The predicted molar refractivity (Wildman–Crippen MR) is 139 cm³/mol. The molecule has 35 heavy (non-hydrogen) atoms. The molecule has 5 nitrogen and oxygen atoms in total. The van der Waals surface area contributed by atoms with Crippen LogP contribution in [0.4, 0.5) is 0 Å². The fourth-order valence-corrected chi connectivity index (χ4v) is 5.85. The van der Waals surface area contributed by atoms with E-state index in [1.807, 2.05) is 32.9 Å². The molecule has 1 aliphatic heterocycles. The summed E-state index contributed by atoms with van der Waals surface area (Å²) in [7, 11) is 0. The van der Waals surface area contributed by atoms with Crippen molar-refractivity contribution in [2.24, 2.45) is 17.1 Å². The van der Waals surface area contributed by atoms with Crippen molar-refractivity contribution in [1.29, 1.82) is 0 Å². The van der Waals surface area contributed by atoms with Crippen molar-refractivity contribution in [1.82, 2.24) is 4.90 Å². The van der Waals surface area contributed by atoms with Gasteiger partial charge in [0.05, 0.1) is 5.41 Å². The Morgan fingerprint density at radius 2 is 1.74 bits per heavy atom. The number of primary amides is 1. The number of fused-ring (bicyclic) bond motifs is 1. The maximum absolute atomic E-state index is 13.5. The van der Waals surface area contributed by atoms with Crippen molar-refractivity contribution in [2.75, 3.05) is 19.6 Å². The molecule has 0 bridgehead atoms. The summed E-state index contributed by atoms with van der Waals surface area (Å²) in [6.45, 7) is 13.2. The van der Waals surface area contributed by atoms with E-state index in [0.29, 0.717) is 11.5 Å². The zero-order valence-electron chi connectivity index (χ0n) is 21.9. The highest BCUT2D eigenvalue weighted by Gasteiger charge is 2.47. The number of ether oxygens (including phenoxy) is 1. The minimum atomic E-state index is -0.503. The summed E-state index contributed by atoms with van der Waals surface area (Å²) in [6.07, 6.45) is 3.28. The number of nitrogens with two attached hydrogens (primary N) is 1. The highest BCUT2D eigenvalue weighted by Crippen LogP contribution is 2.43.